The number of nitrogens with one attached hydrogen (secondary N) is 1. The predicted octanol–water partition coefficient (Wildman–Crippen LogP) is 4.74. The maximum absolute atomic E-state index is 13.3. The average molecular weight is 464 g/mol. The molecule has 1 aliphatic heterocycles. The summed E-state index contributed by atoms with van der Waals surface area (Å²) in [6, 6.07) is 8.92. The molecule has 3 rings (SSSR count). The minimum absolute atomic E-state index is 0.0193. The van der Waals surface area contributed by atoms with Crippen molar-refractivity contribution >= 4 is 34.9 Å². The summed E-state index contributed by atoms with van der Waals surface area (Å²) in [7, 11) is 0. The van der Waals surface area contributed by atoms with Crippen molar-refractivity contribution in [3.05, 3.63) is 51.2 Å². The molecule has 3 amide bonds. The first kappa shape index (κ1) is 23.4. The van der Waals surface area contributed by atoms with Gasteiger partial charge in [0.05, 0.1) is 6.04 Å². The zero-order valence-electron chi connectivity index (χ0n) is 18.3. The third-order valence-corrected chi connectivity index (χ3v) is 6.40. The molecule has 168 valence electrons. The number of urea groups is 1. The van der Waals surface area contributed by atoms with Crippen LogP contribution in [-0.4, -0.2) is 54.0 Å². The van der Waals surface area contributed by atoms with Crippen LogP contribution in [0.2, 0.25) is 5.02 Å². The second-order valence-corrected chi connectivity index (χ2v) is 9.38. The Hall–Kier alpha value is -2.25. The number of halogens is 1. The zero-order chi connectivity index (χ0) is 22.4. The highest BCUT2D eigenvalue weighted by Crippen LogP contribution is 2.34. The first-order valence-corrected chi connectivity index (χ1v) is 11.9. The van der Waals surface area contributed by atoms with Crippen molar-refractivity contribution in [3.63, 3.8) is 0 Å². The largest absolute Gasteiger partial charge is 0.491 e. The Morgan fingerprint density at radius 3 is 2.71 bits per heavy atom. The lowest BCUT2D eigenvalue weighted by molar-refractivity contribution is -0.135. The molecule has 0 saturated heterocycles. The Kier molecular flexibility index (Phi) is 8.21. The second-order valence-electron chi connectivity index (χ2n) is 7.94. The van der Waals surface area contributed by atoms with Gasteiger partial charge in [0.1, 0.15) is 18.9 Å². The first-order chi connectivity index (χ1) is 14.9. The van der Waals surface area contributed by atoms with Gasteiger partial charge >= 0.3 is 6.03 Å². The van der Waals surface area contributed by atoms with Crippen LogP contribution in [0.25, 0.3) is 0 Å². The monoisotopic (exact) mass is 463 g/mol. The van der Waals surface area contributed by atoms with Gasteiger partial charge in [0, 0.05) is 29.0 Å². The maximum atomic E-state index is 13.3. The topological polar surface area (TPSA) is 61.9 Å². The van der Waals surface area contributed by atoms with Gasteiger partial charge in [-0.15, -0.1) is 11.3 Å². The van der Waals surface area contributed by atoms with Crippen LogP contribution in [0.5, 0.6) is 5.75 Å². The molecule has 0 aliphatic carbocycles. The number of carbonyl (C=O) groups is 2. The van der Waals surface area contributed by atoms with Crippen molar-refractivity contribution in [1.29, 1.82) is 0 Å². The van der Waals surface area contributed by atoms with Crippen molar-refractivity contribution in [2.75, 3.05) is 26.2 Å². The number of benzene rings is 1. The highest BCUT2D eigenvalue weighted by Gasteiger charge is 2.33. The number of fused-ring (bicyclic) bond motifs is 1. The predicted molar refractivity (Wildman–Crippen MR) is 125 cm³/mol. The molecular formula is C23H30ClN3O3S. The number of amides is 3. The molecule has 1 aliphatic rings. The normalized spacial score (nSPS) is 15.5. The van der Waals surface area contributed by atoms with Crippen LogP contribution < -0.4 is 10.1 Å². The molecule has 0 bridgehead atoms. The van der Waals surface area contributed by atoms with E-state index in [9.17, 15) is 9.59 Å². The van der Waals surface area contributed by atoms with Gasteiger partial charge < -0.3 is 19.9 Å². The van der Waals surface area contributed by atoms with Crippen molar-refractivity contribution in [2.45, 2.75) is 45.7 Å². The number of rotatable bonds is 8. The highest BCUT2D eigenvalue weighted by molar-refractivity contribution is 7.10. The lowest BCUT2D eigenvalue weighted by Gasteiger charge is -2.37. The van der Waals surface area contributed by atoms with Crippen LogP contribution >= 0.6 is 22.9 Å². The SMILES string of the molecule is CCCN(CC(=O)N1CCc2sccc2C1COc1ccc(Cl)cc1)C(=O)NC(C)C. The zero-order valence-corrected chi connectivity index (χ0v) is 19.8. The van der Waals surface area contributed by atoms with Crippen molar-refractivity contribution in [1.82, 2.24) is 15.1 Å². The smallest absolute Gasteiger partial charge is 0.318 e. The third kappa shape index (κ3) is 6.14. The Labute approximate surface area is 193 Å². The van der Waals surface area contributed by atoms with Crippen LogP contribution in [0.3, 0.4) is 0 Å². The number of hydrogen-bond donors (Lipinski definition) is 1. The fourth-order valence-electron chi connectivity index (χ4n) is 3.70. The Bertz CT molecular complexity index is 884. The van der Waals surface area contributed by atoms with Gasteiger partial charge in [0.2, 0.25) is 5.91 Å². The van der Waals surface area contributed by atoms with Gasteiger partial charge in [-0.25, -0.2) is 4.79 Å². The minimum atomic E-state index is -0.201. The number of hydrogen-bond acceptors (Lipinski definition) is 4. The minimum Gasteiger partial charge on any atom is -0.491 e. The quantitative estimate of drug-likeness (QED) is 0.615. The maximum Gasteiger partial charge on any atom is 0.318 e. The highest BCUT2D eigenvalue weighted by atomic mass is 35.5. The van der Waals surface area contributed by atoms with Crippen LogP contribution in [0, 0.1) is 0 Å². The van der Waals surface area contributed by atoms with E-state index < -0.39 is 0 Å². The molecule has 0 spiro atoms. The molecule has 2 heterocycles. The summed E-state index contributed by atoms with van der Waals surface area (Å²) in [6.07, 6.45) is 1.61. The summed E-state index contributed by atoms with van der Waals surface area (Å²) in [5.74, 6) is 0.650. The molecule has 8 heteroatoms. The van der Waals surface area contributed by atoms with E-state index in [1.54, 1.807) is 28.4 Å². The van der Waals surface area contributed by atoms with Crippen LogP contribution in [0.15, 0.2) is 35.7 Å². The molecule has 1 unspecified atom stereocenters. The van der Waals surface area contributed by atoms with Crippen LogP contribution in [-0.2, 0) is 11.2 Å². The number of nitrogens with zero attached hydrogens (tertiary/aromatic N) is 2. The van der Waals surface area contributed by atoms with Crippen LogP contribution in [0.1, 0.15) is 43.7 Å². The summed E-state index contributed by atoms with van der Waals surface area (Å²) in [5, 5.41) is 5.61. The fraction of sp³-hybridized carbons (Fsp3) is 0.478. The molecule has 1 aromatic carbocycles. The lowest BCUT2D eigenvalue weighted by atomic mass is 10.0. The van der Waals surface area contributed by atoms with Gasteiger partial charge in [-0.2, -0.15) is 0 Å². The first-order valence-electron chi connectivity index (χ1n) is 10.7. The molecule has 0 radical (unpaired) electrons. The molecule has 2 aromatic rings. The number of carbonyl (C=O) groups excluding carboxylic acids is 2. The van der Waals surface area contributed by atoms with Crippen molar-refractivity contribution < 1.29 is 14.3 Å². The molecule has 0 fully saturated rings. The van der Waals surface area contributed by atoms with E-state index in [1.807, 2.05) is 37.8 Å². The average Bonchev–Trinajstić information content (AvgIpc) is 3.21. The number of thiophene rings is 1. The number of ether oxygens (including phenoxy) is 1. The fourth-order valence-corrected chi connectivity index (χ4v) is 4.75. The summed E-state index contributed by atoms with van der Waals surface area (Å²) in [6.45, 7) is 7.39. The third-order valence-electron chi connectivity index (χ3n) is 5.16. The Balaban J connectivity index is 1.74. The summed E-state index contributed by atoms with van der Waals surface area (Å²) >= 11 is 7.68. The van der Waals surface area contributed by atoms with E-state index in [0.29, 0.717) is 30.5 Å². The van der Waals surface area contributed by atoms with E-state index in [1.165, 1.54) is 4.88 Å². The van der Waals surface area contributed by atoms with Gasteiger partial charge in [-0.1, -0.05) is 18.5 Å². The Morgan fingerprint density at radius 1 is 1.29 bits per heavy atom. The van der Waals surface area contributed by atoms with Crippen LogP contribution in [0.4, 0.5) is 4.79 Å². The van der Waals surface area contributed by atoms with Gasteiger partial charge in [0.15, 0.2) is 0 Å². The molecular weight excluding hydrogens is 434 g/mol. The van der Waals surface area contributed by atoms with E-state index in [0.717, 1.165) is 18.4 Å². The van der Waals surface area contributed by atoms with E-state index in [2.05, 4.69) is 16.8 Å². The Morgan fingerprint density at radius 2 is 2.03 bits per heavy atom. The van der Waals surface area contributed by atoms with E-state index in [-0.39, 0.29) is 30.6 Å². The summed E-state index contributed by atoms with van der Waals surface area (Å²) in [4.78, 5) is 30.6. The second kappa shape index (κ2) is 10.9. The molecule has 1 atom stereocenters. The van der Waals surface area contributed by atoms with E-state index in [4.69, 9.17) is 16.3 Å². The van der Waals surface area contributed by atoms with Crippen molar-refractivity contribution in [2.24, 2.45) is 0 Å². The molecule has 1 aromatic heterocycles. The lowest BCUT2D eigenvalue weighted by Crippen LogP contribution is -2.50. The van der Waals surface area contributed by atoms with Gasteiger partial charge in [0.25, 0.3) is 0 Å². The summed E-state index contributed by atoms with van der Waals surface area (Å²) < 4.78 is 6.02. The molecule has 0 saturated carbocycles. The van der Waals surface area contributed by atoms with Gasteiger partial charge in [-0.05, 0) is 68.0 Å². The van der Waals surface area contributed by atoms with Gasteiger partial charge in [-0.3, -0.25) is 4.79 Å². The molecule has 31 heavy (non-hydrogen) atoms. The van der Waals surface area contributed by atoms with Crippen molar-refractivity contribution in [3.8, 4) is 5.75 Å². The van der Waals surface area contributed by atoms with E-state index >= 15 is 0 Å². The summed E-state index contributed by atoms with van der Waals surface area (Å²) in [5.41, 5.74) is 1.13. The molecule has 1 N–H and O–H groups in total. The molecule has 6 nitrogen and oxygen atoms in total. The standard InChI is InChI=1S/C23H30ClN3O3S/c1-4-11-26(23(29)25-16(2)3)14-22(28)27-12-9-21-19(10-13-31-21)20(27)15-30-18-7-5-17(24)6-8-18/h5-8,10,13,16,20H,4,9,11-12,14-15H2,1-3H3,(H,25,29).